The average Bonchev–Trinajstić information content (AvgIpc) is 2.76. The van der Waals surface area contributed by atoms with E-state index in [0.717, 1.165) is 39.0 Å². The first-order chi connectivity index (χ1) is 7.71. The van der Waals surface area contributed by atoms with Crippen molar-refractivity contribution in [3.05, 3.63) is 0 Å². The summed E-state index contributed by atoms with van der Waals surface area (Å²) in [7, 11) is 0. The summed E-state index contributed by atoms with van der Waals surface area (Å²) < 4.78 is 10.9. The Morgan fingerprint density at radius 1 is 1.56 bits per heavy atom. The van der Waals surface area contributed by atoms with E-state index >= 15 is 0 Å². The molecule has 2 fully saturated rings. The van der Waals surface area contributed by atoms with Crippen LogP contribution in [0.15, 0.2) is 0 Å². The fourth-order valence-electron chi connectivity index (χ4n) is 2.27. The van der Waals surface area contributed by atoms with Crippen LogP contribution in [0, 0.1) is 5.41 Å². The molecule has 0 amide bonds. The Morgan fingerprint density at radius 2 is 2.44 bits per heavy atom. The predicted octanol–water partition coefficient (Wildman–Crippen LogP) is 1.10. The van der Waals surface area contributed by atoms with Gasteiger partial charge < -0.3 is 14.8 Å². The summed E-state index contributed by atoms with van der Waals surface area (Å²) in [5.41, 5.74) is -0.325. The van der Waals surface area contributed by atoms with Gasteiger partial charge in [0.1, 0.15) is 6.61 Å². The highest BCUT2D eigenvalue weighted by Gasteiger charge is 2.38. The molecule has 0 aliphatic carbocycles. The number of ether oxygens (including phenoxy) is 2. The van der Waals surface area contributed by atoms with E-state index in [1.807, 2.05) is 6.92 Å². The lowest BCUT2D eigenvalue weighted by Crippen LogP contribution is -2.35. The first kappa shape index (κ1) is 11.9. The number of nitrogens with one attached hydrogen (secondary N) is 1. The SMILES string of the molecule is CC1(C(=O)OCC2CCCCO2)CCNC1. The monoisotopic (exact) mass is 227 g/mol. The van der Waals surface area contributed by atoms with Crippen LogP contribution in [0.4, 0.5) is 0 Å². The van der Waals surface area contributed by atoms with Crippen LogP contribution in [0.2, 0.25) is 0 Å². The highest BCUT2D eigenvalue weighted by molar-refractivity contribution is 5.77. The molecule has 92 valence electrons. The van der Waals surface area contributed by atoms with E-state index in [4.69, 9.17) is 9.47 Å². The standard InChI is InChI=1S/C12H21NO3/c1-12(5-6-13-9-12)11(14)16-8-10-4-2-3-7-15-10/h10,13H,2-9H2,1H3. The molecule has 2 atom stereocenters. The Labute approximate surface area is 96.7 Å². The van der Waals surface area contributed by atoms with Crippen LogP contribution in [0.3, 0.4) is 0 Å². The fraction of sp³-hybridized carbons (Fsp3) is 0.917. The van der Waals surface area contributed by atoms with Crippen molar-refractivity contribution < 1.29 is 14.3 Å². The zero-order valence-electron chi connectivity index (χ0n) is 9.96. The molecule has 0 aromatic rings. The van der Waals surface area contributed by atoms with Crippen LogP contribution < -0.4 is 5.32 Å². The molecule has 2 heterocycles. The fourth-order valence-corrected chi connectivity index (χ4v) is 2.27. The molecule has 0 spiro atoms. The third-order valence-corrected chi connectivity index (χ3v) is 3.54. The minimum Gasteiger partial charge on any atom is -0.462 e. The van der Waals surface area contributed by atoms with Gasteiger partial charge in [0.15, 0.2) is 0 Å². The van der Waals surface area contributed by atoms with Gasteiger partial charge in [-0.05, 0) is 39.2 Å². The topological polar surface area (TPSA) is 47.6 Å². The molecule has 2 aliphatic rings. The van der Waals surface area contributed by atoms with Crippen LogP contribution in [0.25, 0.3) is 0 Å². The zero-order chi connectivity index (χ0) is 11.4. The summed E-state index contributed by atoms with van der Waals surface area (Å²) in [6.07, 6.45) is 4.32. The maximum Gasteiger partial charge on any atom is 0.313 e. The molecule has 0 bridgehead atoms. The number of carbonyl (C=O) groups excluding carboxylic acids is 1. The van der Waals surface area contributed by atoms with Gasteiger partial charge >= 0.3 is 5.97 Å². The minimum atomic E-state index is -0.325. The predicted molar refractivity (Wildman–Crippen MR) is 60.1 cm³/mol. The first-order valence-corrected chi connectivity index (χ1v) is 6.20. The molecule has 2 unspecified atom stereocenters. The second kappa shape index (κ2) is 5.15. The smallest absolute Gasteiger partial charge is 0.313 e. The van der Waals surface area contributed by atoms with E-state index in [1.54, 1.807) is 0 Å². The van der Waals surface area contributed by atoms with Crippen molar-refractivity contribution in [2.24, 2.45) is 5.41 Å². The molecule has 1 N–H and O–H groups in total. The average molecular weight is 227 g/mol. The summed E-state index contributed by atoms with van der Waals surface area (Å²) in [6.45, 7) is 4.84. The molecule has 0 saturated carbocycles. The van der Waals surface area contributed by atoms with E-state index < -0.39 is 0 Å². The lowest BCUT2D eigenvalue weighted by molar-refractivity contribution is -0.159. The molecule has 16 heavy (non-hydrogen) atoms. The first-order valence-electron chi connectivity index (χ1n) is 6.20. The van der Waals surface area contributed by atoms with Gasteiger partial charge in [0.25, 0.3) is 0 Å². The maximum absolute atomic E-state index is 11.9. The lowest BCUT2D eigenvalue weighted by Gasteiger charge is -2.25. The van der Waals surface area contributed by atoms with Gasteiger partial charge in [-0.1, -0.05) is 0 Å². The van der Waals surface area contributed by atoms with E-state index in [1.165, 1.54) is 6.42 Å². The highest BCUT2D eigenvalue weighted by Crippen LogP contribution is 2.26. The number of carbonyl (C=O) groups is 1. The van der Waals surface area contributed by atoms with Gasteiger partial charge in [-0.15, -0.1) is 0 Å². The van der Waals surface area contributed by atoms with Crippen LogP contribution in [0.5, 0.6) is 0 Å². The molecule has 2 rings (SSSR count). The molecule has 0 aromatic carbocycles. The lowest BCUT2D eigenvalue weighted by atomic mass is 9.90. The van der Waals surface area contributed by atoms with Crippen molar-refractivity contribution in [2.75, 3.05) is 26.3 Å². The van der Waals surface area contributed by atoms with Crippen LogP contribution in [-0.2, 0) is 14.3 Å². The highest BCUT2D eigenvalue weighted by atomic mass is 16.6. The second-order valence-corrected chi connectivity index (χ2v) is 5.07. The molecule has 2 saturated heterocycles. The van der Waals surface area contributed by atoms with Gasteiger partial charge in [-0.2, -0.15) is 0 Å². The molecular weight excluding hydrogens is 206 g/mol. The van der Waals surface area contributed by atoms with E-state index in [2.05, 4.69) is 5.32 Å². The van der Waals surface area contributed by atoms with Gasteiger partial charge in [0, 0.05) is 13.2 Å². The van der Waals surface area contributed by atoms with Crippen molar-refractivity contribution in [2.45, 2.75) is 38.7 Å². The van der Waals surface area contributed by atoms with Gasteiger partial charge in [0.05, 0.1) is 11.5 Å². The van der Waals surface area contributed by atoms with E-state index in [-0.39, 0.29) is 17.5 Å². The summed E-state index contributed by atoms with van der Waals surface area (Å²) in [5, 5.41) is 3.20. The van der Waals surface area contributed by atoms with Crippen molar-refractivity contribution in [1.29, 1.82) is 0 Å². The molecule has 4 nitrogen and oxygen atoms in total. The second-order valence-electron chi connectivity index (χ2n) is 5.07. The van der Waals surface area contributed by atoms with Crippen LogP contribution in [-0.4, -0.2) is 38.4 Å². The van der Waals surface area contributed by atoms with Crippen LogP contribution >= 0.6 is 0 Å². The van der Waals surface area contributed by atoms with Crippen molar-refractivity contribution >= 4 is 5.97 Å². The maximum atomic E-state index is 11.9. The molecule has 4 heteroatoms. The normalized spacial score (nSPS) is 34.9. The third-order valence-electron chi connectivity index (χ3n) is 3.54. The third kappa shape index (κ3) is 2.74. The van der Waals surface area contributed by atoms with Crippen molar-refractivity contribution in [3.63, 3.8) is 0 Å². The molecular formula is C12H21NO3. The Balaban J connectivity index is 1.74. The number of hydrogen-bond donors (Lipinski definition) is 1. The number of esters is 1. The van der Waals surface area contributed by atoms with Gasteiger partial charge in [-0.3, -0.25) is 4.79 Å². The Bertz CT molecular complexity index is 243. The van der Waals surface area contributed by atoms with E-state index in [9.17, 15) is 4.79 Å². The summed E-state index contributed by atoms with van der Waals surface area (Å²) in [4.78, 5) is 11.9. The van der Waals surface area contributed by atoms with Crippen LogP contribution in [0.1, 0.15) is 32.6 Å². The Hall–Kier alpha value is -0.610. The van der Waals surface area contributed by atoms with Gasteiger partial charge in [-0.25, -0.2) is 0 Å². The Morgan fingerprint density at radius 3 is 3.06 bits per heavy atom. The molecule has 0 radical (unpaired) electrons. The van der Waals surface area contributed by atoms with Crippen molar-refractivity contribution in [1.82, 2.24) is 5.32 Å². The summed E-state index contributed by atoms with van der Waals surface area (Å²) in [6, 6.07) is 0. The van der Waals surface area contributed by atoms with E-state index in [0.29, 0.717) is 6.61 Å². The van der Waals surface area contributed by atoms with Crippen molar-refractivity contribution in [3.8, 4) is 0 Å². The largest absolute Gasteiger partial charge is 0.462 e. The molecule has 2 aliphatic heterocycles. The Kier molecular flexibility index (Phi) is 3.82. The zero-order valence-corrected chi connectivity index (χ0v) is 9.96. The number of rotatable bonds is 3. The summed E-state index contributed by atoms with van der Waals surface area (Å²) in [5.74, 6) is -0.0772. The number of hydrogen-bond acceptors (Lipinski definition) is 4. The van der Waals surface area contributed by atoms with Gasteiger partial charge in [0.2, 0.25) is 0 Å². The molecule has 0 aromatic heterocycles. The quantitative estimate of drug-likeness (QED) is 0.733. The minimum absolute atomic E-state index is 0.0772. The summed E-state index contributed by atoms with van der Waals surface area (Å²) >= 11 is 0.